The van der Waals surface area contributed by atoms with Crippen LogP contribution >= 0.6 is 11.8 Å². The van der Waals surface area contributed by atoms with Crippen molar-refractivity contribution in [2.24, 2.45) is 0 Å². The second-order valence-corrected chi connectivity index (χ2v) is 6.65. The molecule has 0 spiro atoms. The third-order valence-electron chi connectivity index (χ3n) is 3.97. The second-order valence-electron chi connectivity index (χ2n) is 5.66. The predicted octanol–water partition coefficient (Wildman–Crippen LogP) is 2.76. The van der Waals surface area contributed by atoms with Gasteiger partial charge in [-0.25, -0.2) is 0 Å². The molecule has 1 atom stereocenters. The van der Waals surface area contributed by atoms with Crippen molar-refractivity contribution < 1.29 is 4.74 Å². The van der Waals surface area contributed by atoms with Gasteiger partial charge in [-0.05, 0) is 38.5 Å². The number of hydrogen-bond acceptors (Lipinski definition) is 4. The summed E-state index contributed by atoms with van der Waals surface area (Å²) in [6.07, 6.45) is 8.09. The molecule has 0 bridgehead atoms. The lowest BCUT2D eigenvalue weighted by molar-refractivity contribution is 0.129. The van der Waals surface area contributed by atoms with Crippen molar-refractivity contribution in [1.29, 1.82) is 0 Å². The molecule has 0 N–H and O–H groups in total. The largest absolute Gasteiger partial charge is 0.377 e. The molecule has 0 aromatic carbocycles. The number of aromatic nitrogens is 3. The van der Waals surface area contributed by atoms with E-state index in [0.717, 1.165) is 17.5 Å². The maximum Gasteiger partial charge on any atom is 0.191 e. The molecule has 3 fully saturated rings. The van der Waals surface area contributed by atoms with Crippen molar-refractivity contribution in [3.63, 3.8) is 0 Å². The highest BCUT2D eigenvalue weighted by molar-refractivity contribution is 7.99. The molecule has 0 amide bonds. The van der Waals surface area contributed by atoms with Crippen molar-refractivity contribution in [2.75, 3.05) is 12.4 Å². The van der Waals surface area contributed by atoms with Crippen LogP contribution in [0.5, 0.6) is 0 Å². The SMILES string of the molecule is C1COC(CSc2nnc(C3CC3)n2C2CC2)C1. The highest BCUT2D eigenvalue weighted by Crippen LogP contribution is 2.46. The molecular weight excluding hydrogens is 246 g/mol. The fourth-order valence-corrected chi connectivity index (χ4v) is 3.70. The fourth-order valence-electron chi connectivity index (χ4n) is 2.63. The minimum Gasteiger partial charge on any atom is -0.377 e. The van der Waals surface area contributed by atoms with E-state index in [1.807, 2.05) is 11.8 Å². The van der Waals surface area contributed by atoms with Gasteiger partial charge >= 0.3 is 0 Å². The lowest BCUT2D eigenvalue weighted by Crippen LogP contribution is -2.09. The molecular formula is C13H19N3OS. The number of nitrogens with zero attached hydrogens (tertiary/aromatic N) is 3. The van der Waals surface area contributed by atoms with E-state index in [4.69, 9.17) is 4.74 Å². The molecule has 3 aliphatic rings. The molecule has 2 aliphatic carbocycles. The molecule has 1 saturated heterocycles. The molecule has 2 saturated carbocycles. The van der Waals surface area contributed by atoms with E-state index in [-0.39, 0.29) is 0 Å². The normalized spacial score (nSPS) is 27.9. The molecule has 1 aliphatic heterocycles. The summed E-state index contributed by atoms with van der Waals surface area (Å²) in [4.78, 5) is 0. The summed E-state index contributed by atoms with van der Waals surface area (Å²) in [5.74, 6) is 3.00. The quantitative estimate of drug-likeness (QED) is 0.768. The Morgan fingerprint density at radius 2 is 2.06 bits per heavy atom. The van der Waals surface area contributed by atoms with Crippen LogP contribution in [0.3, 0.4) is 0 Å². The second kappa shape index (κ2) is 4.53. The minimum atomic E-state index is 0.434. The summed E-state index contributed by atoms with van der Waals surface area (Å²) >= 11 is 1.84. The Hall–Kier alpha value is -0.550. The van der Waals surface area contributed by atoms with E-state index in [1.54, 1.807) is 0 Å². The summed E-state index contributed by atoms with van der Waals surface area (Å²) in [6, 6.07) is 0.697. The Kier molecular flexibility index (Phi) is 2.84. The van der Waals surface area contributed by atoms with Gasteiger partial charge in [-0.2, -0.15) is 0 Å². The first-order valence-electron chi connectivity index (χ1n) is 7.11. The van der Waals surface area contributed by atoms with Crippen molar-refractivity contribution in [3.05, 3.63) is 5.82 Å². The molecule has 4 rings (SSSR count). The number of thioether (sulfide) groups is 1. The zero-order valence-corrected chi connectivity index (χ0v) is 11.4. The van der Waals surface area contributed by atoms with Gasteiger partial charge in [0.15, 0.2) is 5.16 Å². The third-order valence-corrected chi connectivity index (χ3v) is 5.04. The van der Waals surface area contributed by atoms with Gasteiger partial charge < -0.3 is 9.30 Å². The monoisotopic (exact) mass is 265 g/mol. The average Bonchev–Trinajstić information content (AvgIpc) is 3.31. The van der Waals surface area contributed by atoms with E-state index in [9.17, 15) is 0 Å². The van der Waals surface area contributed by atoms with Crippen molar-refractivity contribution in [1.82, 2.24) is 14.8 Å². The van der Waals surface area contributed by atoms with Gasteiger partial charge in [-0.1, -0.05) is 11.8 Å². The standard InChI is InChI=1S/C13H19N3OS/c1-2-11(17-7-1)8-18-13-15-14-12(9-3-4-9)16(13)10-5-6-10/h9-11H,1-8H2. The minimum absolute atomic E-state index is 0.434. The molecule has 1 aromatic rings. The Balaban J connectivity index is 1.48. The molecule has 18 heavy (non-hydrogen) atoms. The zero-order chi connectivity index (χ0) is 11.9. The van der Waals surface area contributed by atoms with Gasteiger partial charge in [-0.15, -0.1) is 10.2 Å². The Morgan fingerprint density at radius 3 is 2.72 bits per heavy atom. The molecule has 1 aromatic heterocycles. The Labute approximate surface area is 111 Å². The average molecular weight is 265 g/mol. The smallest absolute Gasteiger partial charge is 0.191 e. The van der Waals surface area contributed by atoms with Crippen LogP contribution in [0.25, 0.3) is 0 Å². The highest BCUT2D eigenvalue weighted by Gasteiger charge is 2.36. The fraction of sp³-hybridized carbons (Fsp3) is 0.846. The van der Waals surface area contributed by atoms with E-state index >= 15 is 0 Å². The van der Waals surface area contributed by atoms with Crippen LogP contribution < -0.4 is 0 Å². The van der Waals surface area contributed by atoms with Crippen LogP contribution in [0.1, 0.15) is 56.3 Å². The first-order valence-corrected chi connectivity index (χ1v) is 8.09. The van der Waals surface area contributed by atoms with Gasteiger partial charge in [0, 0.05) is 24.3 Å². The van der Waals surface area contributed by atoms with Crippen LogP contribution in [-0.2, 0) is 4.74 Å². The van der Waals surface area contributed by atoms with E-state index < -0.39 is 0 Å². The van der Waals surface area contributed by atoms with Gasteiger partial charge in [0.2, 0.25) is 0 Å². The van der Waals surface area contributed by atoms with Crippen molar-refractivity contribution >= 4 is 11.8 Å². The lowest BCUT2D eigenvalue weighted by atomic mass is 10.3. The van der Waals surface area contributed by atoms with Gasteiger partial charge in [0.05, 0.1) is 6.10 Å². The molecule has 1 unspecified atom stereocenters. The zero-order valence-electron chi connectivity index (χ0n) is 10.5. The van der Waals surface area contributed by atoms with Crippen LogP contribution in [0.4, 0.5) is 0 Å². The summed E-state index contributed by atoms with van der Waals surface area (Å²) in [5.41, 5.74) is 0. The third kappa shape index (κ3) is 2.18. The van der Waals surface area contributed by atoms with Crippen LogP contribution in [0.15, 0.2) is 5.16 Å². The maximum absolute atomic E-state index is 5.68. The van der Waals surface area contributed by atoms with E-state index in [1.165, 1.54) is 44.3 Å². The number of hydrogen-bond donors (Lipinski definition) is 0. The van der Waals surface area contributed by atoms with E-state index in [2.05, 4.69) is 14.8 Å². The lowest BCUT2D eigenvalue weighted by Gasteiger charge is -2.10. The van der Waals surface area contributed by atoms with E-state index in [0.29, 0.717) is 18.1 Å². The molecule has 0 radical (unpaired) electrons. The van der Waals surface area contributed by atoms with Crippen LogP contribution in [-0.4, -0.2) is 33.2 Å². The number of ether oxygens (including phenoxy) is 1. The summed E-state index contributed by atoms with van der Waals surface area (Å²) in [6.45, 7) is 0.938. The first kappa shape index (κ1) is 11.3. The first-order chi connectivity index (χ1) is 8.92. The van der Waals surface area contributed by atoms with Gasteiger partial charge in [0.25, 0.3) is 0 Å². The topological polar surface area (TPSA) is 39.9 Å². The molecule has 4 nitrogen and oxygen atoms in total. The Morgan fingerprint density at radius 1 is 1.17 bits per heavy atom. The highest BCUT2D eigenvalue weighted by atomic mass is 32.2. The molecule has 2 heterocycles. The maximum atomic E-state index is 5.68. The number of rotatable bonds is 5. The molecule has 98 valence electrons. The van der Waals surface area contributed by atoms with Crippen LogP contribution in [0.2, 0.25) is 0 Å². The van der Waals surface area contributed by atoms with Crippen LogP contribution in [0, 0.1) is 0 Å². The Bertz CT molecular complexity index is 433. The summed E-state index contributed by atoms with van der Waals surface area (Å²) in [5, 5.41) is 9.99. The molecule has 5 heteroatoms. The summed E-state index contributed by atoms with van der Waals surface area (Å²) < 4.78 is 8.11. The predicted molar refractivity (Wildman–Crippen MR) is 70.0 cm³/mol. The van der Waals surface area contributed by atoms with Gasteiger partial charge in [0.1, 0.15) is 5.82 Å². The van der Waals surface area contributed by atoms with Crippen molar-refractivity contribution in [2.45, 2.75) is 61.7 Å². The summed E-state index contributed by atoms with van der Waals surface area (Å²) in [7, 11) is 0. The van der Waals surface area contributed by atoms with Crippen molar-refractivity contribution in [3.8, 4) is 0 Å². The van der Waals surface area contributed by atoms with Gasteiger partial charge in [-0.3, -0.25) is 0 Å².